The van der Waals surface area contributed by atoms with E-state index in [0.717, 1.165) is 27.5 Å². The van der Waals surface area contributed by atoms with Crippen molar-refractivity contribution in [3.63, 3.8) is 0 Å². The zero-order chi connectivity index (χ0) is 34.6. The number of ether oxygens (including phenoxy) is 3. The number of fused-ring (bicyclic) bond motifs is 2. The average molecular weight is 682 g/mol. The first kappa shape index (κ1) is 32.6. The van der Waals surface area contributed by atoms with Crippen LogP contribution in [0.1, 0.15) is 36.6 Å². The normalized spacial score (nSPS) is 14.2. The van der Waals surface area contributed by atoms with Crippen LogP contribution >= 0.6 is 11.3 Å². The maximum Gasteiger partial charge on any atom is 0.271 e. The van der Waals surface area contributed by atoms with Gasteiger partial charge in [0.2, 0.25) is 0 Å². The van der Waals surface area contributed by atoms with E-state index in [4.69, 9.17) is 19.2 Å². The topological polar surface area (TPSA) is 91.2 Å². The summed E-state index contributed by atoms with van der Waals surface area (Å²) in [7, 11) is 1.60. The highest BCUT2D eigenvalue weighted by molar-refractivity contribution is 7.07. The molecule has 9 heteroatoms. The molecule has 0 spiro atoms. The van der Waals surface area contributed by atoms with Crippen LogP contribution < -0.4 is 34.4 Å². The highest BCUT2D eigenvalue weighted by Gasteiger charge is 2.32. The molecule has 250 valence electrons. The van der Waals surface area contributed by atoms with Crippen molar-refractivity contribution in [1.29, 1.82) is 0 Å². The van der Waals surface area contributed by atoms with Crippen molar-refractivity contribution in [3.8, 4) is 17.2 Å². The second-order valence-electron chi connectivity index (χ2n) is 11.7. The van der Waals surface area contributed by atoms with Gasteiger partial charge in [0.25, 0.3) is 11.5 Å². The minimum atomic E-state index is -0.702. The number of amides is 1. The number of rotatable bonds is 10. The number of aromatic nitrogens is 1. The number of methoxy groups -OCH3 is 1. The lowest BCUT2D eigenvalue weighted by atomic mass is 9.95. The van der Waals surface area contributed by atoms with E-state index < -0.39 is 6.04 Å². The van der Waals surface area contributed by atoms with Gasteiger partial charge in [-0.15, -0.1) is 0 Å². The Labute approximate surface area is 293 Å². The summed E-state index contributed by atoms with van der Waals surface area (Å²) in [5.41, 5.74) is 3.95. The summed E-state index contributed by atoms with van der Waals surface area (Å²) in [5.74, 6) is 1.54. The first-order valence-corrected chi connectivity index (χ1v) is 17.1. The lowest BCUT2D eigenvalue weighted by Crippen LogP contribution is -2.40. The van der Waals surface area contributed by atoms with E-state index in [1.54, 1.807) is 18.6 Å². The summed E-state index contributed by atoms with van der Waals surface area (Å²) in [6.07, 6.45) is 1.83. The number of thiazole rings is 1. The smallest absolute Gasteiger partial charge is 0.271 e. The van der Waals surface area contributed by atoms with Gasteiger partial charge in [0.05, 0.1) is 35.6 Å². The van der Waals surface area contributed by atoms with Crippen LogP contribution in [0, 0.1) is 0 Å². The maximum absolute atomic E-state index is 14.2. The molecule has 0 radical (unpaired) electrons. The maximum atomic E-state index is 14.2. The van der Waals surface area contributed by atoms with Gasteiger partial charge in [-0.1, -0.05) is 90.2 Å². The number of hydrogen-bond donors (Lipinski definition) is 1. The molecule has 1 amide bonds. The van der Waals surface area contributed by atoms with Crippen LogP contribution in [0.4, 0.5) is 5.69 Å². The Kier molecular flexibility index (Phi) is 9.31. The van der Waals surface area contributed by atoms with E-state index in [1.165, 1.54) is 11.3 Å². The minimum absolute atomic E-state index is 0.249. The van der Waals surface area contributed by atoms with Crippen molar-refractivity contribution < 1.29 is 19.0 Å². The zero-order valence-corrected chi connectivity index (χ0v) is 28.7. The fraction of sp³-hybridized carbons (Fsp3) is 0.146. The van der Waals surface area contributed by atoms with E-state index in [2.05, 4.69) is 29.6 Å². The molecule has 0 fully saturated rings. The molecule has 1 aliphatic heterocycles. The van der Waals surface area contributed by atoms with E-state index in [0.29, 0.717) is 56.8 Å². The number of benzene rings is 5. The van der Waals surface area contributed by atoms with Crippen LogP contribution in [0.3, 0.4) is 0 Å². The van der Waals surface area contributed by atoms with Crippen molar-refractivity contribution >= 4 is 39.8 Å². The molecular formula is C41H35N3O5S. The molecule has 2 heterocycles. The molecule has 5 aromatic carbocycles. The number of carbonyl (C=O) groups excluding carboxylic acids is 1. The standard InChI is InChI=1S/C41H35N3O5S/c1-4-48-35-23-27(17-22-34(35)49-25-30-13-10-12-28-11-8-9-16-33(28)30)24-36-40(46)44-38(29-18-20-32(47-3)21-19-29)37(26(2)42-41(44)50-36)39(45)43-31-14-6-5-7-15-31/h5-24,38H,4,25H2,1-3H3,(H,43,45)/b36-24+/t38-/m0/s1. The molecule has 1 aliphatic rings. The molecule has 0 aliphatic carbocycles. The largest absolute Gasteiger partial charge is 0.497 e. The first-order chi connectivity index (χ1) is 24.4. The third-order valence-corrected chi connectivity index (χ3v) is 9.54. The average Bonchev–Trinajstić information content (AvgIpc) is 3.44. The van der Waals surface area contributed by atoms with E-state index in [1.807, 2.05) is 104 Å². The van der Waals surface area contributed by atoms with Crippen molar-refractivity contribution in [2.45, 2.75) is 26.5 Å². The van der Waals surface area contributed by atoms with Crippen LogP contribution in [-0.4, -0.2) is 24.2 Å². The van der Waals surface area contributed by atoms with Gasteiger partial charge in [0.1, 0.15) is 12.4 Å². The lowest BCUT2D eigenvalue weighted by Gasteiger charge is -2.25. The molecule has 1 aromatic heterocycles. The molecule has 6 aromatic rings. The summed E-state index contributed by atoms with van der Waals surface area (Å²) in [5, 5.41) is 5.29. The second-order valence-corrected chi connectivity index (χ2v) is 12.8. The fourth-order valence-electron chi connectivity index (χ4n) is 6.16. The van der Waals surface area contributed by atoms with Gasteiger partial charge in [0, 0.05) is 5.69 Å². The quantitative estimate of drug-likeness (QED) is 0.168. The summed E-state index contributed by atoms with van der Waals surface area (Å²) < 4.78 is 19.7. The molecule has 0 bridgehead atoms. The fourth-order valence-corrected chi connectivity index (χ4v) is 7.21. The third-order valence-electron chi connectivity index (χ3n) is 8.56. The summed E-state index contributed by atoms with van der Waals surface area (Å²) in [6.45, 7) is 4.56. The van der Waals surface area contributed by atoms with Gasteiger partial charge in [-0.25, -0.2) is 4.99 Å². The number of para-hydroxylation sites is 1. The van der Waals surface area contributed by atoms with Crippen molar-refractivity contribution in [3.05, 3.63) is 163 Å². The van der Waals surface area contributed by atoms with Gasteiger partial charge in [-0.05, 0) is 83.8 Å². The second kappa shape index (κ2) is 14.3. The zero-order valence-electron chi connectivity index (χ0n) is 27.9. The Hall–Kier alpha value is -5.93. The Bertz CT molecular complexity index is 2410. The molecule has 7 rings (SSSR count). The lowest BCUT2D eigenvalue weighted by molar-refractivity contribution is -0.113. The predicted molar refractivity (Wildman–Crippen MR) is 198 cm³/mol. The molecular weight excluding hydrogens is 647 g/mol. The summed E-state index contributed by atoms with van der Waals surface area (Å²) in [4.78, 5) is 33.4. The Morgan fingerprint density at radius 1 is 0.900 bits per heavy atom. The molecule has 8 nitrogen and oxygen atoms in total. The number of nitrogens with one attached hydrogen (secondary N) is 1. The number of allylic oxidation sites excluding steroid dienone is 1. The van der Waals surface area contributed by atoms with Crippen molar-refractivity contribution in [2.75, 3.05) is 19.0 Å². The van der Waals surface area contributed by atoms with Gasteiger partial charge in [-0.3, -0.25) is 14.2 Å². The molecule has 50 heavy (non-hydrogen) atoms. The first-order valence-electron chi connectivity index (χ1n) is 16.3. The van der Waals surface area contributed by atoms with Gasteiger partial charge in [0.15, 0.2) is 16.3 Å². The van der Waals surface area contributed by atoms with Crippen LogP contribution in [0.25, 0.3) is 16.8 Å². The van der Waals surface area contributed by atoms with E-state index in [-0.39, 0.29) is 11.5 Å². The van der Waals surface area contributed by atoms with Crippen molar-refractivity contribution in [1.82, 2.24) is 4.57 Å². The Balaban J connectivity index is 1.25. The molecule has 1 atom stereocenters. The van der Waals surface area contributed by atoms with Gasteiger partial charge < -0.3 is 19.5 Å². The van der Waals surface area contributed by atoms with Gasteiger partial charge >= 0.3 is 0 Å². The van der Waals surface area contributed by atoms with Crippen molar-refractivity contribution in [2.24, 2.45) is 4.99 Å². The Morgan fingerprint density at radius 2 is 1.66 bits per heavy atom. The Morgan fingerprint density at radius 3 is 2.44 bits per heavy atom. The molecule has 1 N–H and O–H groups in total. The third kappa shape index (κ3) is 6.55. The monoisotopic (exact) mass is 681 g/mol. The molecule has 0 unspecified atom stereocenters. The van der Waals surface area contributed by atoms with Gasteiger partial charge in [-0.2, -0.15) is 0 Å². The number of hydrogen-bond acceptors (Lipinski definition) is 7. The minimum Gasteiger partial charge on any atom is -0.497 e. The highest BCUT2D eigenvalue weighted by Crippen LogP contribution is 2.33. The molecule has 0 saturated carbocycles. The molecule has 0 saturated heterocycles. The van der Waals surface area contributed by atoms with Crippen LogP contribution in [0.5, 0.6) is 17.2 Å². The van der Waals surface area contributed by atoms with Crippen LogP contribution in [0.15, 0.2) is 136 Å². The summed E-state index contributed by atoms with van der Waals surface area (Å²) in [6, 6.07) is 36.0. The van der Waals surface area contributed by atoms with Crippen LogP contribution in [-0.2, 0) is 11.4 Å². The number of carbonyl (C=O) groups is 1. The highest BCUT2D eigenvalue weighted by atomic mass is 32.1. The summed E-state index contributed by atoms with van der Waals surface area (Å²) >= 11 is 1.28. The SMILES string of the molecule is CCOc1cc(/C=c2/sc3n(c2=O)[C@@H](c2ccc(OC)cc2)C(C(=O)Nc2ccccc2)=C(C)N=3)ccc1OCc1cccc2ccccc12. The predicted octanol–water partition coefficient (Wildman–Crippen LogP) is 7.01. The number of nitrogens with zero attached hydrogens (tertiary/aromatic N) is 2. The number of anilines is 1. The van der Waals surface area contributed by atoms with E-state index in [9.17, 15) is 9.59 Å². The van der Waals surface area contributed by atoms with Crippen LogP contribution in [0.2, 0.25) is 0 Å². The van der Waals surface area contributed by atoms with E-state index >= 15 is 0 Å².